The van der Waals surface area contributed by atoms with Crippen molar-refractivity contribution < 1.29 is 4.42 Å². The number of hydrogen-bond acceptors (Lipinski definition) is 7. The monoisotopic (exact) mass is 350 g/mol. The van der Waals surface area contributed by atoms with E-state index in [1.54, 1.807) is 6.07 Å². The summed E-state index contributed by atoms with van der Waals surface area (Å²) in [5.41, 5.74) is 0.628. The number of aromatic nitrogens is 3. The molecule has 3 aromatic heterocycles. The highest BCUT2D eigenvalue weighted by Crippen LogP contribution is 2.20. The van der Waals surface area contributed by atoms with Crippen LogP contribution in [0.15, 0.2) is 31.8 Å². The Kier molecular flexibility index (Phi) is 4.84. The van der Waals surface area contributed by atoms with Gasteiger partial charge < -0.3 is 4.42 Å². The normalized spacial score (nSPS) is 11.7. The van der Waals surface area contributed by atoms with Crippen molar-refractivity contribution in [2.24, 2.45) is 0 Å². The van der Waals surface area contributed by atoms with Gasteiger partial charge in [0.25, 0.3) is 5.56 Å². The second-order valence-electron chi connectivity index (χ2n) is 5.17. The van der Waals surface area contributed by atoms with Crippen molar-refractivity contribution in [1.82, 2.24) is 19.5 Å². The molecule has 0 amide bonds. The van der Waals surface area contributed by atoms with Gasteiger partial charge in [0.15, 0.2) is 4.34 Å². The van der Waals surface area contributed by atoms with Crippen LogP contribution in [0.2, 0.25) is 0 Å². The smallest absolute Gasteiger partial charge is 0.275 e. The van der Waals surface area contributed by atoms with Gasteiger partial charge in [-0.25, -0.2) is 4.98 Å². The van der Waals surface area contributed by atoms with Crippen LogP contribution < -0.4 is 5.56 Å². The predicted molar refractivity (Wildman–Crippen MR) is 92.1 cm³/mol. The maximum absolute atomic E-state index is 12.2. The third-order valence-electron chi connectivity index (χ3n) is 3.46. The molecule has 8 heteroatoms. The molecule has 0 aromatic carbocycles. The molecule has 0 aliphatic rings. The summed E-state index contributed by atoms with van der Waals surface area (Å²) in [4.78, 5) is 19.6. The minimum Gasteiger partial charge on any atom is -0.465 e. The minimum absolute atomic E-state index is 0.133. The van der Waals surface area contributed by atoms with E-state index in [0.717, 1.165) is 28.1 Å². The molecule has 0 fully saturated rings. The Hall–Kier alpha value is -1.64. The van der Waals surface area contributed by atoms with Crippen molar-refractivity contribution >= 4 is 28.1 Å². The van der Waals surface area contributed by atoms with E-state index < -0.39 is 0 Å². The van der Waals surface area contributed by atoms with Gasteiger partial charge in [-0.15, -0.1) is 5.10 Å². The highest BCUT2D eigenvalue weighted by atomic mass is 32.2. The highest BCUT2D eigenvalue weighted by molar-refractivity contribution is 8.00. The van der Waals surface area contributed by atoms with Crippen LogP contribution in [0.5, 0.6) is 0 Å². The van der Waals surface area contributed by atoms with E-state index in [-0.39, 0.29) is 5.56 Å². The quantitative estimate of drug-likeness (QED) is 0.637. The molecule has 0 bridgehead atoms. The van der Waals surface area contributed by atoms with Crippen molar-refractivity contribution in [3.63, 3.8) is 0 Å². The Morgan fingerprint density at radius 1 is 1.39 bits per heavy atom. The van der Waals surface area contributed by atoms with Crippen LogP contribution in [0.4, 0.5) is 0 Å². The van der Waals surface area contributed by atoms with Crippen LogP contribution in [0.3, 0.4) is 0 Å². The van der Waals surface area contributed by atoms with Gasteiger partial charge in [-0.3, -0.25) is 9.69 Å². The van der Waals surface area contributed by atoms with Gasteiger partial charge in [0.2, 0.25) is 4.96 Å². The number of fused-ring (bicyclic) bond motifs is 1. The second-order valence-corrected chi connectivity index (χ2v) is 7.18. The highest BCUT2D eigenvalue weighted by Gasteiger charge is 2.12. The predicted octanol–water partition coefficient (Wildman–Crippen LogP) is 2.80. The van der Waals surface area contributed by atoms with Crippen molar-refractivity contribution in [3.8, 4) is 0 Å². The Bertz CT molecular complexity index is 868. The molecule has 3 heterocycles. The lowest BCUT2D eigenvalue weighted by Gasteiger charge is -2.18. The van der Waals surface area contributed by atoms with Crippen LogP contribution in [0.1, 0.15) is 24.1 Å². The van der Waals surface area contributed by atoms with Crippen LogP contribution in [-0.2, 0) is 13.1 Å². The number of furan rings is 1. The van der Waals surface area contributed by atoms with Crippen LogP contribution in [0.25, 0.3) is 4.96 Å². The van der Waals surface area contributed by atoms with Gasteiger partial charge in [-0.2, -0.15) is 4.52 Å². The molecular weight excluding hydrogens is 332 g/mol. The topological polar surface area (TPSA) is 63.6 Å². The summed E-state index contributed by atoms with van der Waals surface area (Å²) in [5.74, 6) is 1.83. The molecule has 3 rings (SSSR count). The Morgan fingerprint density at radius 2 is 2.22 bits per heavy atom. The van der Waals surface area contributed by atoms with Crippen molar-refractivity contribution in [3.05, 3.63) is 45.8 Å². The fraction of sp³-hybridized carbons (Fsp3) is 0.400. The molecule has 0 saturated heterocycles. The first kappa shape index (κ1) is 16.2. The van der Waals surface area contributed by atoms with Gasteiger partial charge >= 0.3 is 0 Å². The lowest BCUT2D eigenvalue weighted by molar-refractivity contribution is 0.243. The van der Waals surface area contributed by atoms with Crippen molar-refractivity contribution in [2.75, 3.05) is 12.8 Å². The Balaban J connectivity index is 1.82. The summed E-state index contributed by atoms with van der Waals surface area (Å²) in [7, 11) is 0. The summed E-state index contributed by atoms with van der Waals surface area (Å²) < 4.78 is 7.83. The van der Waals surface area contributed by atoms with E-state index >= 15 is 0 Å². The minimum atomic E-state index is -0.133. The van der Waals surface area contributed by atoms with E-state index in [1.807, 2.05) is 25.3 Å². The number of rotatable bonds is 6. The van der Waals surface area contributed by atoms with Crippen molar-refractivity contribution in [2.45, 2.75) is 31.3 Å². The molecule has 0 saturated carbocycles. The van der Waals surface area contributed by atoms with Gasteiger partial charge in [0.1, 0.15) is 11.5 Å². The first-order chi connectivity index (χ1) is 11.1. The zero-order chi connectivity index (χ0) is 16.4. The van der Waals surface area contributed by atoms with Crippen LogP contribution >= 0.6 is 23.1 Å². The standard InChI is InChI=1S/C15H18N4O2S2/c1-4-18(9-12-6-5-10(2)21-12)8-11-7-13(20)19-14(16-11)23-15(17-19)22-3/h5-7H,4,8-9H2,1-3H3. The molecule has 23 heavy (non-hydrogen) atoms. The van der Waals surface area contributed by atoms with E-state index in [1.165, 1.54) is 27.6 Å². The zero-order valence-electron chi connectivity index (χ0n) is 13.3. The van der Waals surface area contributed by atoms with Gasteiger partial charge in [-0.05, 0) is 31.9 Å². The SMILES string of the molecule is CCN(Cc1cc(=O)n2nc(SC)sc2n1)Cc1ccc(C)o1. The fourth-order valence-electron chi connectivity index (χ4n) is 2.30. The maximum Gasteiger partial charge on any atom is 0.275 e. The number of hydrogen-bond donors (Lipinski definition) is 0. The zero-order valence-corrected chi connectivity index (χ0v) is 14.9. The molecule has 0 unspecified atom stereocenters. The van der Waals surface area contributed by atoms with E-state index in [9.17, 15) is 4.79 Å². The first-order valence-electron chi connectivity index (χ1n) is 7.30. The third kappa shape index (κ3) is 3.65. The van der Waals surface area contributed by atoms with Gasteiger partial charge in [-0.1, -0.05) is 30.0 Å². The van der Waals surface area contributed by atoms with Crippen LogP contribution in [-0.4, -0.2) is 32.3 Å². The van der Waals surface area contributed by atoms with Gasteiger partial charge in [0, 0.05) is 12.6 Å². The number of aryl methyl sites for hydroxylation is 1. The Morgan fingerprint density at radius 3 is 2.87 bits per heavy atom. The molecule has 0 N–H and O–H groups in total. The van der Waals surface area contributed by atoms with Crippen molar-refractivity contribution in [1.29, 1.82) is 0 Å². The average molecular weight is 350 g/mol. The summed E-state index contributed by atoms with van der Waals surface area (Å²) in [6.45, 7) is 6.17. The van der Waals surface area contributed by atoms with E-state index in [4.69, 9.17) is 4.42 Å². The lowest BCUT2D eigenvalue weighted by Crippen LogP contribution is -2.24. The largest absolute Gasteiger partial charge is 0.465 e. The molecule has 0 atom stereocenters. The summed E-state index contributed by atoms with van der Waals surface area (Å²) >= 11 is 2.95. The summed E-state index contributed by atoms with van der Waals surface area (Å²) in [6, 6.07) is 5.51. The molecule has 0 aliphatic heterocycles. The number of nitrogens with zero attached hydrogens (tertiary/aromatic N) is 4. The van der Waals surface area contributed by atoms with Crippen LogP contribution in [0, 0.1) is 6.92 Å². The third-order valence-corrected chi connectivity index (χ3v) is 5.35. The molecule has 0 aliphatic carbocycles. The lowest BCUT2D eigenvalue weighted by atomic mass is 10.3. The molecule has 0 spiro atoms. The molecule has 6 nitrogen and oxygen atoms in total. The molecule has 0 radical (unpaired) electrons. The second kappa shape index (κ2) is 6.86. The molecule has 122 valence electrons. The summed E-state index contributed by atoms with van der Waals surface area (Å²) in [5, 5.41) is 4.24. The maximum atomic E-state index is 12.2. The molecule has 3 aromatic rings. The van der Waals surface area contributed by atoms with E-state index in [0.29, 0.717) is 18.1 Å². The van der Waals surface area contributed by atoms with E-state index in [2.05, 4.69) is 21.9 Å². The summed E-state index contributed by atoms with van der Waals surface area (Å²) in [6.07, 6.45) is 1.94. The van der Waals surface area contributed by atoms with Gasteiger partial charge in [0.05, 0.1) is 12.2 Å². The fourth-order valence-corrected chi connectivity index (χ4v) is 3.68. The Labute approximate surface area is 142 Å². The molecular formula is C15H18N4O2S2. The first-order valence-corrected chi connectivity index (χ1v) is 9.34. The average Bonchev–Trinajstić information content (AvgIpc) is 3.12. The number of thioether (sulfide) groups is 1.